The van der Waals surface area contributed by atoms with E-state index in [1.54, 1.807) is 10.6 Å². The van der Waals surface area contributed by atoms with Gasteiger partial charge in [-0.3, -0.25) is 14.9 Å². The Bertz CT molecular complexity index is 1410. The van der Waals surface area contributed by atoms with E-state index in [1.165, 1.54) is 28.6 Å². The van der Waals surface area contributed by atoms with Crippen LogP contribution in [0.5, 0.6) is 0 Å². The van der Waals surface area contributed by atoms with Crippen LogP contribution in [0.2, 0.25) is 4.34 Å². The van der Waals surface area contributed by atoms with E-state index in [2.05, 4.69) is 4.99 Å². The lowest BCUT2D eigenvalue weighted by atomic mass is 10.2. The number of aromatic nitrogens is 1. The summed E-state index contributed by atoms with van der Waals surface area (Å²) in [7, 11) is -3.88. The van der Waals surface area contributed by atoms with Crippen LogP contribution in [0.4, 0.5) is 5.69 Å². The molecule has 0 saturated carbocycles. The number of halogens is 1. The van der Waals surface area contributed by atoms with E-state index < -0.39 is 26.9 Å². The number of hydrogen-bond acceptors (Lipinski definition) is 8. The molecule has 182 valence electrons. The minimum Gasteiger partial charge on any atom is -0.380 e. The summed E-state index contributed by atoms with van der Waals surface area (Å²) in [6.45, 7) is 3.35. The lowest BCUT2D eigenvalue weighted by Crippen LogP contribution is -2.40. The number of sulfonamides is 1. The molecule has 14 heteroatoms. The highest BCUT2D eigenvalue weighted by Crippen LogP contribution is 2.32. The van der Waals surface area contributed by atoms with Crippen LogP contribution in [0.25, 0.3) is 10.2 Å². The van der Waals surface area contributed by atoms with Gasteiger partial charge in [-0.25, -0.2) is 8.42 Å². The number of carbonyl (C=O) groups is 1. The van der Waals surface area contributed by atoms with Crippen LogP contribution >= 0.6 is 34.3 Å². The van der Waals surface area contributed by atoms with E-state index in [0.717, 1.165) is 22.7 Å². The Hall–Kier alpha value is -2.16. The summed E-state index contributed by atoms with van der Waals surface area (Å²) in [5.41, 5.74) is 0.622. The number of thiazole rings is 1. The second-order valence-electron chi connectivity index (χ2n) is 7.42. The number of non-ortho nitro benzene ring substituents is 1. The van der Waals surface area contributed by atoms with Gasteiger partial charge in [0.25, 0.3) is 21.6 Å². The second-order valence-corrected chi connectivity index (χ2v) is 12.3. The number of hydrogen-bond donors (Lipinski definition) is 0. The van der Waals surface area contributed by atoms with Crippen LogP contribution in [0.3, 0.4) is 0 Å². The van der Waals surface area contributed by atoms with Crippen molar-refractivity contribution in [3.8, 4) is 0 Å². The molecule has 0 radical (unpaired) electrons. The normalized spacial score (nSPS) is 17.6. The maximum absolute atomic E-state index is 13.2. The molecule has 0 N–H and O–H groups in total. The molecule has 2 aromatic heterocycles. The first kappa shape index (κ1) is 24.9. The topological polar surface area (TPSA) is 124 Å². The molecule has 0 bridgehead atoms. The van der Waals surface area contributed by atoms with Crippen molar-refractivity contribution in [1.82, 2.24) is 8.87 Å². The van der Waals surface area contributed by atoms with E-state index in [4.69, 9.17) is 16.3 Å². The number of fused-ring (bicyclic) bond motifs is 1. The van der Waals surface area contributed by atoms with Gasteiger partial charge >= 0.3 is 0 Å². The minimum absolute atomic E-state index is 0.0637. The van der Waals surface area contributed by atoms with E-state index in [0.29, 0.717) is 52.0 Å². The van der Waals surface area contributed by atoms with Crippen molar-refractivity contribution >= 4 is 66.1 Å². The van der Waals surface area contributed by atoms with E-state index >= 15 is 0 Å². The first-order valence-corrected chi connectivity index (χ1v) is 13.9. The number of amides is 1. The van der Waals surface area contributed by atoms with Gasteiger partial charge in [0.15, 0.2) is 4.80 Å². The van der Waals surface area contributed by atoms with E-state index in [-0.39, 0.29) is 16.4 Å². The highest BCUT2D eigenvalue weighted by atomic mass is 35.5. The fourth-order valence-corrected chi connectivity index (χ4v) is 8.13. The maximum atomic E-state index is 13.2. The summed E-state index contributed by atoms with van der Waals surface area (Å²) in [6, 6.07) is 6.47. The smallest absolute Gasteiger partial charge is 0.270 e. The highest BCUT2D eigenvalue weighted by Gasteiger charge is 2.40. The highest BCUT2D eigenvalue weighted by molar-refractivity contribution is 7.91. The number of rotatable bonds is 8. The molecule has 4 rings (SSSR count). The third-order valence-electron chi connectivity index (χ3n) is 5.35. The number of ether oxygens (including phenoxy) is 1. The summed E-state index contributed by atoms with van der Waals surface area (Å²) in [4.78, 5) is 28.5. The Balaban J connectivity index is 1.72. The molecule has 1 atom stereocenters. The van der Waals surface area contributed by atoms with Crippen LogP contribution < -0.4 is 4.80 Å². The molecule has 1 aliphatic rings. The maximum Gasteiger partial charge on any atom is 0.270 e. The molecule has 1 fully saturated rings. The quantitative estimate of drug-likeness (QED) is 0.242. The predicted octanol–water partition coefficient (Wildman–Crippen LogP) is 3.64. The molecule has 0 spiro atoms. The van der Waals surface area contributed by atoms with Crippen molar-refractivity contribution in [2.75, 3.05) is 19.8 Å². The average Bonchev–Trinajstić information content (AvgIpc) is 3.52. The zero-order chi connectivity index (χ0) is 24.5. The second kappa shape index (κ2) is 10.2. The zero-order valence-corrected chi connectivity index (χ0v) is 21.3. The standard InChI is InChI=1S/C20H21ClN4O6S3/c1-2-31-11-10-23-14-6-5-13(25(27)28)12-16(14)32-20(23)22-19(26)15-4-3-9-24(15)34(29,30)18-8-7-17(21)33-18/h5-8,12,15H,2-4,9-11H2,1H3. The molecular weight excluding hydrogens is 524 g/mol. The predicted molar refractivity (Wildman–Crippen MR) is 130 cm³/mol. The molecule has 1 saturated heterocycles. The van der Waals surface area contributed by atoms with Crippen molar-refractivity contribution < 1.29 is 22.9 Å². The zero-order valence-electron chi connectivity index (χ0n) is 18.0. The SMILES string of the molecule is CCOCCn1c(=NC(=O)C2CCCN2S(=O)(=O)c2ccc(Cl)s2)sc2cc([N+](=O)[O-])ccc21. The van der Waals surface area contributed by atoms with Gasteiger partial charge in [0.05, 0.1) is 26.1 Å². The van der Waals surface area contributed by atoms with Gasteiger partial charge in [0.2, 0.25) is 0 Å². The summed E-state index contributed by atoms with van der Waals surface area (Å²) < 4.78 is 35.6. The fraction of sp³-hybridized carbons (Fsp3) is 0.400. The average molecular weight is 545 g/mol. The summed E-state index contributed by atoms with van der Waals surface area (Å²) in [6.07, 6.45) is 0.892. The van der Waals surface area contributed by atoms with E-state index in [9.17, 15) is 23.3 Å². The van der Waals surface area contributed by atoms with Gasteiger partial charge in [0, 0.05) is 31.8 Å². The number of nitro benzene ring substituents is 1. The Kier molecular flexibility index (Phi) is 7.50. The monoisotopic (exact) mass is 544 g/mol. The molecule has 1 amide bonds. The van der Waals surface area contributed by atoms with Crippen molar-refractivity contribution in [3.63, 3.8) is 0 Å². The molecule has 34 heavy (non-hydrogen) atoms. The number of nitro groups is 1. The molecule has 3 aromatic rings. The van der Waals surface area contributed by atoms with Gasteiger partial charge < -0.3 is 9.30 Å². The molecule has 1 aromatic carbocycles. The van der Waals surface area contributed by atoms with Gasteiger partial charge in [-0.2, -0.15) is 9.30 Å². The van der Waals surface area contributed by atoms with Crippen LogP contribution in [-0.2, 0) is 26.1 Å². The molecule has 1 aliphatic heterocycles. The first-order valence-electron chi connectivity index (χ1n) is 10.4. The van der Waals surface area contributed by atoms with Gasteiger partial charge in [0.1, 0.15) is 10.3 Å². The molecular formula is C20H21ClN4O6S3. The van der Waals surface area contributed by atoms with Gasteiger partial charge in [-0.1, -0.05) is 22.9 Å². The van der Waals surface area contributed by atoms with Crippen molar-refractivity contribution in [2.24, 2.45) is 4.99 Å². The Labute approximate surface area is 208 Å². The summed E-state index contributed by atoms with van der Waals surface area (Å²) >= 11 is 8.00. The summed E-state index contributed by atoms with van der Waals surface area (Å²) in [5, 5.41) is 11.2. The Morgan fingerprint density at radius 3 is 2.79 bits per heavy atom. The summed E-state index contributed by atoms with van der Waals surface area (Å²) in [5.74, 6) is -0.574. The third-order valence-corrected chi connectivity index (χ3v) is 9.99. The molecule has 1 unspecified atom stereocenters. The number of benzene rings is 1. The minimum atomic E-state index is -3.88. The van der Waals surface area contributed by atoms with Crippen molar-refractivity contribution in [3.05, 3.63) is 49.6 Å². The molecule has 0 aliphatic carbocycles. The van der Waals surface area contributed by atoms with E-state index in [1.807, 2.05) is 6.92 Å². The van der Waals surface area contributed by atoms with Crippen molar-refractivity contribution in [1.29, 1.82) is 0 Å². The lowest BCUT2D eigenvalue weighted by Gasteiger charge is -2.20. The van der Waals surface area contributed by atoms with Crippen LogP contribution in [-0.4, -0.2) is 53.9 Å². The lowest BCUT2D eigenvalue weighted by molar-refractivity contribution is -0.384. The van der Waals surface area contributed by atoms with Crippen molar-refractivity contribution in [2.45, 2.75) is 36.6 Å². The molecule has 3 heterocycles. The largest absolute Gasteiger partial charge is 0.380 e. The number of thiophene rings is 1. The van der Waals surface area contributed by atoms with Gasteiger partial charge in [-0.05, 0) is 38.0 Å². The first-order chi connectivity index (χ1) is 16.2. The third kappa shape index (κ3) is 4.95. The number of nitrogens with zero attached hydrogens (tertiary/aromatic N) is 4. The number of carbonyl (C=O) groups excluding carboxylic acids is 1. The Morgan fingerprint density at radius 1 is 1.32 bits per heavy atom. The fourth-order valence-electron chi connectivity index (χ4n) is 3.77. The molecule has 10 nitrogen and oxygen atoms in total. The Morgan fingerprint density at radius 2 is 2.12 bits per heavy atom. The van der Waals surface area contributed by atoms with Crippen LogP contribution in [0.15, 0.2) is 39.5 Å². The van der Waals surface area contributed by atoms with Crippen LogP contribution in [0.1, 0.15) is 19.8 Å². The van der Waals surface area contributed by atoms with Crippen LogP contribution in [0, 0.1) is 10.1 Å². The van der Waals surface area contributed by atoms with Gasteiger partial charge in [-0.15, -0.1) is 11.3 Å².